The van der Waals surface area contributed by atoms with Crippen LogP contribution in [0.5, 0.6) is 5.75 Å². The van der Waals surface area contributed by atoms with Crippen LogP contribution < -0.4 is 10.1 Å². The third kappa shape index (κ3) is 3.74. The van der Waals surface area contributed by atoms with E-state index in [9.17, 15) is 4.79 Å². The number of halogens is 1. The van der Waals surface area contributed by atoms with Crippen molar-refractivity contribution < 1.29 is 9.53 Å². The van der Waals surface area contributed by atoms with Crippen molar-refractivity contribution in [1.29, 1.82) is 0 Å². The van der Waals surface area contributed by atoms with Gasteiger partial charge in [-0.1, -0.05) is 0 Å². The fraction of sp³-hybridized carbons (Fsp3) is 0.417. The molecule has 16 heavy (non-hydrogen) atoms. The molecule has 0 saturated carbocycles. The van der Waals surface area contributed by atoms with Crippen molar-refractivity contribution in [3.8, 4) is 5.75 Å². The number of carbonyl (C=O) groups excluding carboxylic acids is 1. The first-order valence-corrected chi connectivity index (χ1v) is 5.80. The molecule has 1 aromatic rings. The van der Waals surface area contributed by atoms with Crippen molar-refractivity contribution in [3.05, 3.63) is 23.8 Å². The Labute approximate surface area is 101 Å². The second-order valence-electron chi connectivity index (χ2n) is 3.40. The summed E-state index contributed by atoms with van der Waals surface area (Å²) in [7, 11) is 0. The quantitative estimate of drug-likeness (QED) is 0.805. The summed E-state index contributed by atoms with van der Waals surface area (Å²) in [6.07, 6.45) is 0.327. The molecule has 0 radical (unpaired) electrons. The van der Waals surface area contributed by atoms with E-state index >= 15 is 0 Å². The predicted octanol–water partition coefficient (Wildman–Crippen LogP) is 2.96. The maximum atomic E-state index is 11.3. The van der Waals surface area contributed by atoms with E-state index in [-0.39, 0.29) is 5.91 Å². The van der Waals surface area contributed by atoms with Gasteiger partial charge in [-0.25, -0.2) is 0 Å². The van der Waals surface area contributed by atoms with Gasteiger partial charge in [0.25, 0.3) is 0 Å². The molecule has 4 heteroatoms. The van der Waals surface area contributed by atoms with E-state index in [1.165, 1.54) is 0 Å². The Bertz CT molecular complexity index is 366. The second-order valence-corrected chi connectivity index (χ2v) is 3.78. The minimum atomic E-state index is -0.0708. The molecule has 0 aromatic heterocycles. The second kappa shape index (κ2) is 6.38. The average Bonchev–Trinajstić information content (AvgIpc) is 2.22. The van der Waals surface area contributed by atoms with Crippen LogP contribution in [0.3, 0.4) is 0 Å². The van der Waals surface area contributed by atoms with Crippen LogP contribution >= 0.6 is 11.6 Å². The molecule has 0 heterocycles. The largest absolute Gasteiger partial charge is 0.494 e. The normalized spacial score (nSPS) is 9.94. The number of ether oxygens (including phenoxy) is 1. The fourth-order valence-electron chi connectivity index (χ4n) is 1.35. The molecular formula is C12H16ClNO2. The number of amides is 1. The molecular weight excluding hydrogens is 226 g/mol. The third-order valence-electron chi connectivity index (χ3n) is 2.08. The molecule has 1 N–H and O–H groups in total. The van der Waals surface area contributed by atoms with Crippen LogP contribution in [-0.2, 0) is 4.79 Å². The van der Waals surface area contributed by atoms with Crippen molar-refractivity contribution in [2.75, 3.05) is 17.8 Å². The van der Waals surface area contributed by atoms with Crippen molar-refractivity contribution in [3.63, 3.8) is 0 Å². The van der Waals surface area contributed by atoms with Gasteiger partial charge in [-0.3, -0.25) is 4.79 Å². The molecule has 1 rings (SSSR count). The van der Waals surface area contributed by atoms with E-state index in [0.717, 1.165) is 17.0 Å². The Hall–Kier alpha value is -1.22. The molecule has 0 aliphatic heterocycles. The number of alkyl halides is 1. The Balaban J connectivity index is 2.69. The summed E-state index contributed by atoms with van der Waals surface area (Å²) in [6, 6.07) is 5.57. The van der Waals surface area contributed by atoms with E-state index in [2.05, 4.69) is 5.32 Å². The molecule has 0 aliphatic rings. The number of rotatable bonds is 5. The van der Waals surface area contributed by atoms with Crippen molar-refractivity contribution in [1.82, 2.24) is 0 Å². The topological polar surface area (TPSA) is 38.3 Å². The summed E-state index contributed by atoms with van der Waals surface area (Å²) in [5.41, 5.74) is 1.78. The minimum absolute atomic E-state index is 0.0708. The van der Waals surface area contributed by atoms with Gasteiger partial charge in [-0.15, -0.1) is 11.6 Å². The third-order valence-corrected chi connectivity index (χ3v) is 2.27. The Morgan fingerprint density at radius 3 is 2.81 bits per heavy atom. The summed E-state index contributed by atoms with van der Waals surface area (Å²) in [5, 5.41) is 2.77. The number of carbonyl (C=O) groups is 1. The predicted molar refractivity (Wildman–Crippen MR) is 66.3 cm³/mol. The summed E-state index contributed by atoms with van der Waals surface area (Å²) in [6.45, 7) is 4.52. The van der Waals surface area contributed by atoms with E-state index in [1.54, 1.807) is 0 Å². The Morgan fingerprint density at radius 2 is 2.25 bits per heavy atom. The highest BCUT2D eigenvalue weighted by atomic mass is 35.5. The molecule has 0 atom stereocenters. The number of hydrogen-bond acceptors (Lipinski definition) is 2. The molecule has 0 bridgehead atoms. The van der Waals surface area contributed by atoms with Crippen LogP contribution in [0.4, 0.5) is 5.69 Å². The van der Waals surface area contributed by atoms with E-state index in [0.29, 0.717) is 18.9 Å². The maximum Gasteiger partial charge on any atom is 0.225 e. The average molecular weight is 242 g/mol. The van der Waals surface area contributed by atoms with Crippen molar-refractivity contribution in [2.24, 2.45) is 0 Å². The first-order valence-electron chi connectivity index (χ1n) is 5.26. The van der Waals surface area contributed by atoms with Crippen LogP contribution in [0, 0.1) is 6.92 Å². The highest BCUT2D eigenvalue weighted by Crippen LogP contribution is 2.21. The molecule has 88 valence electrons. The smallest absolute Gasteiger partial charge is 0.225 e. The van der Waals surface area contributed by atoms with Gasteiger partial charge in [0.1, 0.15) is 5.75 Å². The number of hydrogen-bond donors (Lipinski definition) is 1. The first kappa shape index (κ1) is 12.8. The van der Waals surface area contributed by atoms with E-state index in [4.69, 9.17) is 16.3 Å². The van der Waals surface area contributed by atoms with Gasteiger partial charge in [0, 0.05) is 18.0 Å². The summed E-state index contributed by atoms with van der Waals surface area (Å²) in [4.78, 5) is 11.3. The lowest BCUT2D eigenvalue weighted by Crippen LogP contribution is -2.11. The van der Waals surface area contributed by atoms with Crippen LogP contribution in [0.1, 0.15) is 18.9 Å². The molecule has 0 saturated heterocycles. The van der Waals surface area contributed by atoms with Crippen LogP contribution in [0.25, 0.3) is 0 Å². The molecule has 0 fully saturated rings. The zero-order chi connectivity index (χ0) is 12.0. The zero-order valence-corrected chi connectivity index (χ0v) is 10.3. The summed E-state index contributed by atoms with van der Waals surface area (Å²) < 4.78 is 5.41. The fourth-order valence-corrected chi connectivity index (χ4v) is 1.53. The molecule has 3 nitrogen and oxygen atoms in total. The number of aryl methyl sites for hydroxylation is 1. The lowest BCUT2D eigenvalue weighted by Gasteiger charge is -2.09. The Morgan fingerprint density at radius 1 is 1.50 bits per heavy atom. The lowest BCUT2D eigenvalue weighted by molar-refractivity contribution is -0.115. The van der Waals surface area contributed by atoms with Crippen molar-refractivity contribution in [2.45, 2.75) is 20.3 Å². The van der Waals surface area contributed by atoms with Crippen molar-refractivity contribution >= 4 is 23.2 Å². The monoisotopic (exact) mass is 241 g/mol. The van der Waals surface area contributed by atoms with Gasteiger partial charge >= 0.3 is 0 Å². The standard InChI is InChI=1S/C12H16ClNO2/c1-3-16-11-5-4-10(8-9(11)2)14-12(15)6-7-13/h4-5,8H,3,6-7H2,1-2H3,(H,14,15). The van der Waals surface area contributed by atoms with Gasteiger partial charge in [0.15, 0.2) is 0 Å². The van der Waals surface area contributed by atoms with E-state index in [1.807, 2.05) is 32.0 Å². The zero-order valence-electron chi connectivity index (χ0n) is 9.55. The molecule has 1 amide bonds. The number of anilines is 1. The highest BCUT2D eigenvalue weighted by Gasteiger charge is 2.04. The molecule has 0 unspecified atom stereocenters. The van der Waals surface area contributed by atoms with Gasteiger partial charge < -0.3 is 10.1 Å². The van der Waals surface area contributed by atoms with Crippen LogP contribution in [0.2, 0.25) is 0 Å². The van der Waals surface area contributed by atoms with Crippen LogP contribution in [0.15, 0.2) is 18.2 Å². The molecule has 0 spiro atoms. The SMILES string of the molecule is CCOc1ccc(NC(=O)CCCl)cc1C. The summed E-state index contributed by atoms with van der Waals surface area (Å²) >= 11 is 5.48. The molecule has 1 aromatic carbocycles. The van der Waals surface area contributed by atoms with Gasteiger partial charge in [0.05, 0.1) is 6.61 Å². The van der Waals surface area contributed by atoms with Gasteiger partial charge in [-0.2, -0.15) is 0 Å². The van der Waals surface area contributed by atoms with Crippen LogP contribution in [-0.4, -0.2) is 18.4 Å². The van der Waals surface area contributed by atoms with Gasteiger partial charge in [-0.05, 0) is 37.6 Å². The first-order chi connectivity index (χ1) is 7.67. The summed E-state index contributed by atoms with van der Waals surface area (Å²) in [5.74, 6) is 1.11. The van der Waals surface area contributed by atoms with Gasteiger partial charge in [0.2, 0.25) is 5.91 Å². The van der Waals surface area contributed by atoms with E-state index < -0.39 is 0 Å². The lowest BCUT2D eigenvalue weighted by atomic mass is 10.2. The maximum absolute atomic E-state index is 11.3. The Kier molecular flexibility index (Phi) is 5.12. The number of benzene rings is 1. The highest BCUT2D eigenvalue weighted by molar-refractivity contribution is 6.19. The minimum Gasteiger partial charge on any atom is -0.494 e. The number of nitrogens with one attached hydrogen (secondary N) is 1. The molecule has 0 aliphatic carbocycles.